The highest BCUT2D eigenvalue weighted by molar-refractivity contribution is 5.86. The Morgan fingerprint density at radius 2 is 1.89 bits per heavy atom. The lowest BCUT2D eigenvalue weighted by atomic mass is 9.82. The zero-order valence-electron chi connectivity index (χ0n) is 22.9. The number of pyridine rings is 2. The number of carbonyl (C=O) groups is 1. The molecule has 0 amide bonds. The minimum Gasteiger partial charge on any atom is -0.479 e. The second kappa shape index (κ2) is 10.6. The molecule has 2 aromatic rings. The van der Waals surface area contributed by atoms with Gasteiger partial charge in [-0.05, 0) is 64.4 Å². The summed E-state index contributed by atoms with van der Waals surface area (Å²) in [4.78, 5) is 23.5. The topological polar surface area (TPSA) is 84.8 Å². The minimum absolute atomic E-state index is 0.00885. The number of anilines is 1. The average molecular weight is 514 g/mol. The van der Waals surface area contributed by atoms with Crippen LogP contribution in [0.5, 0.6) is 5.88 Å². The summed E-state index contributed by atoms with van der Waals surface area (Å²) in [5.74, 6) is -0.944. The summed E-state index contributed by atoms with van der Waals surface area (Å²) in [6.07, 6.45) is 7.30. The number of hydrogen-bond acceptors (Lipinski definition) is 6. The number of piperidine rings is 1. The molecule has 7 nitrogen and oxygen atoms in total. The van der Waals surface area contributed by atoms with Gasteiger partial charge in [0.25, 0.3) is 0 Å². The van der Waals surface area contributed by atoms with E-state index in [1.54, 1.807) is 19.3 Å². The van der Waals surface area contributed by atoms with E-state index in [1.165, 1.54) is 18.9 Å². The summed E-state index contributed by atoms with van der Waals surface area (Å²) in [6, 6.07) is 1.41. The van der Waals surface area contributed by atoms with Gasteiger partial charge in [-0.25, -0.2) is 14.2 Å². The molecule has 0 unspecified atom stereocenters. The summed E-state index contributed by atoms with van der Waals surface area (Å²) in [5, 5.41) is 10.2. The third kappa shape index (κ3) is 6.78. The van der Waals surface area contributed by atoms with E-state index >= 15 is 4.39 Å². The molecule has 37 heavy (non-hydrogen) atoms. The number of nitrogens with zero attached hydrogens (tertiary/aromatic N) is 3. The Morgan fingerprint density at radius 1 is 1.22 bits per heavy atom. The van der Waals surface area contributed by atoms with Gasteiger partial charge < -0.3 is 19.5 Å². The molecule has 8 heteroatoms. The van der Waals surface area contributed by atoms with Crippen molar-refractivity contribution in [3.8, 4) is 17.0 Å². The number of carboxylic acids is 1. The molecule has 2 aliphatic rings. The highest BCUT2D eigenvalue weighted by Gasteiger charge is 2.36. The molecule has 2 fully saturated rings. The molecule has 1 saturated carbocycles. The van der Waals surface area contributed by atoms with Gasteiger partial charge in [-0.2, -0.15) is 0 Å². The van der Waals surface area contributed by atoms with Crippen molar-refractivity contribution in [3.63, 3.8) is 0 Å². The second-order valence-electron chi connectivity index (χ2n) is 12.2. The fourth-order valence-corrected chi connectivity index (χ4v) is 4.80. The Hall–Kier alpha value is -2.74. The maximum absolute atomic E-state index is 15.1. The molecule has 1 aliphatic heterocycles. The summed E-state index contributed by atoms with van der Waals surface area (Å²) in [7, 11) is 0. The smallest absolute Gasteiger partial charge is 0.337 e. The second-order valence-corrected chi connectivity index (χ2v) is 12.2. The van der Waals surface area contributed by atoms with Crippen molar-refractivity contribution in [2.45, 2.75) is 85.4 Å². The van der Waals surface area contributed by atoms with E-state index in [9.17, 15) is 9.90 Å². The monoisotopic (exact) mass is 513 g/mol. The van der Waals surface area contributed by atoms with Gasteiger partial charge in [0.1, 0.15) is 0 Å². The largest absolute Gasteiger partial charge is 0.479 e. The first-order valence-electron chi connectivity index (χ1n) is 13.3. The molecule has 202 valence electrons. The lowest BCUT2D eigenvalue weighted by Crippen LogP contribution is -2.39. The van der Waals surface area contributed by atoms with Crippen LogP contribution in [0, 0.1) is 24.1 Å². The summed E-state index contributed by atoms with van der Waals surface area (Å²) >= 11 is 0. The van der Waals surface area contributed by atoms with Gasteiger partial charge in [-0.1, -0.05) is 26.7 Å². The van der Waals surface area contributed by atoms with Crippen molar-refractivity contribution < 1.29 is 23.8 Å². The van der Waals surface area contributed by atoms with Crippen molar-refractivity contribution >= 4 is 11.7 Å². The van der Waals surface area contributed by atoms with Crippen LogP contribution in [-0.2, 0) is 9.53 Å². The van der Waals surface area contributed by atoms with Crippen LogP contribution >= 0.6 is 0 Å². The third-order valence-corrected chi connectivity index (χ3v) is 7.26. The van der Waals surface area contributed by atoms with E-state index in [0.29, 0.717) is 34.9 Å². The molecule has 0 radical (unpaired) electrons. The van der Waals surface area contributed by atoms with Crippen LogP contribution in [0.15, 0.2) is 18.5 Å². The maximum Gasteiger partial charge on any atom is 0.337 e. The van der Waals surface area contributed by atoms with Gasteiger partial charge >= 0.3 is 5.97 Å². The molecule has 0 spiro atoms. The molecule has 1 N–H and O–H groups in total. The number of aliphatic carboxylic acids is 1. The Morgan fingerprint density at radius 3 is 2.46 bits per heavy atom. The quantitative estimate of drug-likeness (QED) is 0.419. The number of carboxylic acid groups (broad SMARTS) is 1. The van der Waals surface area contributed by atoms with E-state index in [1.807, 2.05) is 20.8 Å². The first-order chi connectivity index (χ1) is 17.3. The fraction of sp³-hybridized carbons (Fsp3) is 0.621. The van der Waals surface area contributed by atoms with Gasteiger partial charge in [0.05, 0.1) is 17.9 Å². The first kappa shape index (κ1) is 27.3. The number of hydrogen-bond donors (Lipinski definition) is 1. The summed E-state index contributed by atoms with van der Waals surface area (Å²) in [6.45, 7) is 13.7. The number of ether oxygens (including phenoxy) is 2. The molecular weight excluding hydrogens is 473 g/mol. The van der Waals surface area contributed by atoms with Crippen LogP contribution in [0.25, 0.3) is 11.1 Å². The SMILES string of the molecule is Cc1ncc(-c2cnc(OCCC3CC3)c(F)c2)c(N2CCC(C)(C)CC2)c1[C@H](OC(C)(C)C)C(=O)O. The predicted octanol–water partition coefficient (Wildman–Crippen LogP) is 6.34. The molecular formula is C29H40FN3O4. The third-order valence-electron chi connectivity index (χ3n) is 7.26. The number of rotatable bonds is 9. The first-order valence-corrected chi connectivity index (χ1v) is 13.3. The molecule has 1 atom stereocenters. The molecule has 3 heterocycles. The van der Waals surface area contributed by atoms with Crippen molar-refractivity contribution in [2.75, 3.05) is 24.6 Å². The molecule has 0 aromatic carbocycles. The van der Waals surface area contributed by atoms with Crippen LogP contribution in [-0.4, -0.2) is 46.3 Å². The molecule has 1 aliphatic carbocycles. The molecule has 2 aromatic heterocycles. The zero-order chi connectivity index (χ0) is 27.0. The van der Waals surface area contributed by atoms with E-state index in [4.69, 9.17) is 9.47 Å². The number of aryl methyl sites for hydroxylation is 1. The fourth-order valence-electron chi connectivity index (χ4n) is 4.80. The van der Waals surface area contributed by atoms with Crippen molar-refractivity contribution in [3.05, 3.63) is 35.5 Å². The van der Waals surface area contributed by atoms with Crippen LogP contribution in [0.4, 0.5) is 10.1 Å². The summed E-state index contributed by atoms with van der Waals surface area (Å²) < 4.78 is 26.8. The van der Waals surface area contributed by atoms with Crippen LogP contribution in [0.3, 0.4) is 0 Å². The molecule has 4 rings (SSSR count). The van der Waals surface area contributed by atoms with E-state index in [2.05, 4.69) is 28.7 Å². The van der Waals surface area contributed by atoms with Crippen LogP contribution in [0.2, 0.25) is 0 Å². The summed E-state index contributed by atoms with van der Waals surface area (Å²) in [5.41, 5.74) is 2.47. The minimum atomic E-state index is -1.22. The Labute approximate surface area is 219 Å². The highest BCUT2D eigenvalue weighted by Crippen LogP contribution is 2.43. The number of aromatic nitrogens is 2. The van der Waals surface area contributed by atoms with Gasteiger partial charge in [0.15, 0.2) is 11.9 Å². The maximum atomic E-state index is 15.1. The normalized spacial score (nSPS) is 18.5. The highest BCUT2D eigenvalue weighted by atomic mass is 19.1. The lowest BCUT2D eigenvalue weighted by Gasteiger charge is -2.40. The van der Waals surface area contributed by atoms with Crippen LogP contribution in [0.1, 0.15) is 84.1 Å². The predicted molar refractivity (Wildman–Crippen MR) is 141 cm³/mol. The Kier molecular flexibility index (Phi) is 7.79. The molecule has 0 bridgehead atoms. The number of halogens is 1. The van der Waals surface area contributed by atoms with E-state index in [-0.39, 0.29) is 11.3 Å². The van der Waals surface area contributed by atoms with Crippen molar-refractivity contribution in [1.29, 1.82) is 0 Å². The Balaban J connectivity index is 1.78. The average Bonchev–Trinajstić information content (AvgIpc) is 3.62. The Bertz CT molecular complexity index is 1130. The van der Waals surface area contributed by atoms with Gasteiger partial charge in [0, 0.05) is 47.9 Å². The van der Waals surface area contributed by atoms with Crippen LogP contribution < -0.4 is 9.64 Å². The van der Waals surface area contributed by atoms with E-state index in [0.717, 1.165) is 38.0 Å². The van der Waals surface area contributed by atoms with Gasteiger partial charge in [-0.3, -0.25) is 4.98 Å². The van der Waals surface area contributed by atoms with E-state index < -0.39 is 23.5 Å². The van der Waals surface area contributed by atoms with Crippen molar-refractivity contribution in [1.82, 2.24) is 9.97 Å². The zero-order valence-corrected chi connectivity index (χ0v) is 22.9. The molecule has 1 saturated heterocycles. The van der Waals surface area contributed by atoms with Crippen molar-refractivity contribution in [2.24, 2.45) is 11.3 Å². The van der Waals surface area contributed by atoms with Gasteiger partial charge in [0.2, 0.25) is 5.88 Å². The standard InChI is InChI=1S/C29H40FN3O4/c1-18-23(25(27(34)35)37-28(2,3)4)24(33-12-10-29(5,6)11-13-33)21(17-31-18)20-15-22(30)26(32-16-20)36-14-9-19-7-8-19/h15-17,19,25H,7-14H2,1-6H3,(H,34,35)/t25-/m0/s1. The van der Waals surface area contributed by atoms with Gasteiger partial charge in [-0.15, -0.1) is 0 Å². The lowest BCUT2D eigenvalue weighted by molar-refractivity contribution is -0.160.